The number of rotatable bonds is 6. The minimum Gasteiger partial charge on any atom is -0.497 e. The van der Waals surface area contributed by atoms with Crippen molar-refractivity contribution in [2.75, 3.05) is 13.7 Å². The molecule has 0 unspecified atom stereocenters. The first kappa shape index (κ1) is 18.0. The van der Waals surface area contributed by atoms with Gasteiger partial charge in [-0.2, -0.15) is 0 Å². The van der Waals surface area contributed by atoms with Gasteiger partial charge in [-0.25, -0.2) is 9.78 Å². The molecule has 0 spiro atoms. The second-order valence-corrected chi connectivity index (χ2v) is 5.49. The van der Waals surface area contributed by atoms with Crippen LogP contribution in [-0.4, -0.2) is 29.1 Å². The summed E-state index contributed by atoms with van der Waals surface area (Å²) in [4.78, 5) is 19.3. The van der Waals surface area contributed by atoms with E-state index in [1.807, 2.05) is 47.1 Å². The smallest absolute Gasteiger partial charge is 0.340 e. The normalized spacial score (nSPS) is 11.1. The molecule has 8 heteroatoms. The van der Waals surface area contributed by atoms with E-state index < -0.39 is 5.97 Å². The van der Waals surface area contributed by atoms with Crippen LogP contribution in [0.2, 0.25) is 0 Å². The lowest BCUT2D eigenvalue weighted by molar-refractivity contribution is -0.138. The average molecular weight is 363 g/mol. The van der Waals surface area contributed by atoms with Crippen LogP contribution in [0.1, 0.15) is 12.5 Å². The SMILES string of the molecule is CCOC(=O)/C(=C/c1cccn2cc(-c3cccc(OC)c3)nc12)N=[N+]=[N-]. The minimum absolute atomic E-state index is 0.126. The molecule has 2 heterocycles. The first-order valence-electron chi connectivity index (χ1n) is 8.22. The van der Waals surface area contributed by atoms with Crippen molar-refractivity contribution in [2.45, 2.75) is 6.92 Å². The lowest BCUT2D eigenvalue weighted by Crippen LogP contribution is -2.05. The fraction of sp³-hybridized carbons (Fsp3) is 0.158. The number of carbonyl (C=O) groups excluding carboxylic acids is 1. The molecule has 1 aromatic carbocycles. The van der Waals surface area contributed by atoms with Gasteiger partial charge >= 0.3 is 5.97 Å². The summed E-state index contributed by atoms with van der Waals surface area (Å²) < 4.78 is 12.0. The Morgan fingerprint density at radius 3 is 2.96 bits per heavy atom. The number of pyridine rings is 1. The zero-order chi connectivity index (χ0) is 19.2. The van der Waals surface area contributed by atoms with Crippen LogP contribution < -0.4 is 4.74 Å². The Balaban J connectivity index is 2.09. The number of carbonyl (C=O) groups is 1. The molecule has 0 bridgehead atoms. The third-order valence-corrected chi connectivity index (χ3v) is 3.81. The molecule has 3 rings (SSSR count). The number of imidazole rings is 1. The van der Waals surface area contributed by atoms with Crippen molar-refractivity contribution in [3.8, 4) is 17.0 Å². The Morgan fingerprint density at radius 2 is 2.22 bits per heavy atom. The fourth-order valence-electron chi connectivity index (χ4n) is 2.60. The highest BCUT2D eigenvalue weighted by Gasteiger charge is 2.12. The monoisotopic (exact) mass is 363 g/mol. The largest absolute Gasteiger partial charge is 0.497 e. The van der Waals surface area contributed by atoms with E-state index in [4.69, 9.17) is 15.0 Å². The van der Waals surface area contributed by atoms with Crippen molar-refractivity contribution in [3.05, 3.63) is 70.5 Å². The van der Waals surface area contributed by atoms with Gasteiger partial charge in [-0.05, 0) is 42.8 Å². The Bertz CT molecular complexity index is 1060. The first-order valence-corrected chi connectivity index (χ1v) is 8.22. The number of fused-ring (bicyclic) bond motifs is 1. The lowest BCUT2D eigenvalue weighted by Gasteiger charge is -2.02. The molecule has 2 aromatic heterocycles. The maximum Gasteiger partial charge on any atom is 0.340 e. The Morgan fingerprint density at radius 1 is 1.37 bits per heavy atom. The number of aromatic nitrogens is 2. The predicted octanol–water partition coefficient (Wildman–Crippen LogP) is 4.22. The van der Waals surface area contributed by atoms with Crippen LogP contribution in [0.15, 0.2) is 59.6 Å². The zero-order valence-corrected chi connectivity index (χ0v) is 14.9. The molecule has 0 aliphatic heterocycles. The summed E-state index contributed by atoms with van der Waals surface area (Å²) >= 11 is 0. The summed E-state index contributed by atoms with van der Waals surface area (Å²) in [6, 6.07) is 11.2. The molecule has 0 fully saturated rings. The van der Waals surface area contributed by atoms with Gasteiger partial charge in [0.05, 0.1) is 19.4 Å². The van der Waals surface area contributed by atoms with E-state index in [0.29, 0.717) is 11.2 Å². The highest BCUT2D eigenvalue weighted by atomic mass is 16.5. The number of methoxy groups -OCH3 is 1. The Kier molecular flexibility index (Phi) is 5.39. The van der Waals surface area contributed by atoms with Gasteiger partial charge in [-0.1, -0.05) is 17.2 Å². The van der Waals surface area contributed by atoms with Crippen molar-refractivity contribution >= 4 is 17.7 Å². The van der Waals surface area contributed by atoms with Gasteiger partial charge in [-0.3, -0.25) is 0 Å². The quantitative estimate of drug-likeness (QED) is 0.215. The van der Waals surface area contributed by atoms with Gasteiger partial charge in [0.1, 0.15) is 17.1 Å². The molecule has 8 nitrogen and oxygen atoms in total. The van der Waals surface area contributed by atoms with E-state index in [-0.39, 0.29) is 12.3 Å². The standard InChI is InChI=1S/C19H17N5O3/c1-3-27-19(25)16(22-23-20)11-14-7-5-9-24-12-17(21-18(14)24)13-6-4-8-15(10-13)26-2/h4-12H,3H2,1-2H3/b16-11-. The number of hydrogen-bond donors (Lipinski definition) is 0. The molecule has 0 aliphatic rings. The molecule has 0 atom stereocenters. The second kappa shape index (κ2) is 8.07. The second-order valence-electron chi connectivity index (χ2n) is 5.49. The van der Waals surface area contributed by atoms with Crippen molar-refractivity contribution < 1.29 is 14.3 Å². The number of nitrogens with zero attached hydrogens (tertiary/aromatic N) is 5. The maximum absolute atomic E-state index is 12.0. The summed E-state index contributed by atoms with van der Waals surface area (Å²) in [5.41, 5.74) is 11.5. The lowest BCUT2D eigenvalue weighted by atomic mass is 10.1. The number of hydrogen-bond acceptors (Lipinski definition) is 5. The highest BCUT2D eigenvalue weighted by molar-refractivity contribution is 5.94. The van der Waals surface area contributed by atoms with E-state index in [2.05, 4.69) is 15.0 Å². The fourth-order valence-corrected chi connectivity index (χ4v) is 2.60. The molecule has 0 saturated heterocycles. The van der Waals surface area contributed by atoms with Crippen molar-refractivity contribution in [2.24, 2.45) is 5.11 Å². The van der Waals surface area contributed by atoms with Crippen LogP contribution in [0, 0.1) is 0 Å². The molecule has 0 saturated carbocycles. The predicted molar refractivity (Wildman–Crippen MR) is 101 cm³/mol. The third kappa shape index (κ3) is 3.91. The number of esters is 1. The first-order chi connectivity index (χ1) is 13.2. The van der Waals surface area contributed by atoms with Crippen LogP contribution in [0.3, 0.4) is 0 Å². The van der Waals surface area contributed by atoms with Gasteiger partial charge in [0.25, 0.3) is 0 Å². The van der Waals surface area contributed by atoms with Crippen molar-refractivity contribution in [3.63, 3.8) is 0 Å². The van der Waals surface area contributed by atoms with Gasteiger partial charge in [0.15, 0.2) is 0 Å². The van der Waals surface area contributed by atoms with Gasteiger partial charge < -0.3 is 13.9 Å². The average Bonchev–Trinajstić information content (AvgIpc) is 3.13. The molecule has 3 aromatic rings. The summed E-state index contributed by atoms with van der Waals surface area (Å²) in [7, 11) is 1.61. The van der Waals surface area contributed by atoms with Crippen LogP contribution in [0.25, 0.3) is 33.4 Å². The van der Waals surface area contributed by atoms with Crippen molar-refractivity contribution in [1.29, 1.82) is 0 Å². The molecule has 136 valence electrons. The van der Waals surface area contributed by atoms with Crippen LogP contribution in [0.4, 0.5) is 0 Å². The maximum atomic E-state index is 12.0. The minimum atomic E-state index is -0.683. The highest BCUT2D eigenvalue weighted by Crippen LogP contribution is 2.25. The molecular weight excluding hydrogens is 346 g/mol. The van der Waals surface area contributed by atoms with Crippen LogP contribution in [-0.2, 0) is 9.53 Å². The Labute approximate surface area is 155 Å². The van der Waals surface area contributed by atoms with E-state index >= 15 is 0 Å². The van der Waals surface area contributed by atoms with E-state index in [9.17, 15) is 4.79 Å². The molecule has 0 N–H and O–H groups in total. The topological polar surface area (TPSA) is 102 Å². The van der Waals surface area contributed by atoms with E-state index in [1.54, 1.807) is 20.1 Å². The van der Waals surface area contributed by atoms with Gasteiger partial charge in [-0.15, -0.1) is 0 Å². The van der Waals surface area contributed by atoms with Gasteiger partial charge in [0.2, 0.25) is 0 Å². The molecule has 0 radical (unpaired) electrons. The van der Waals surface area contributed by atoms with Crippen LogP contribution in [0.5, 0.6) is 5.75 Å². The molecule has 27 heavy (non-hydrogen) atoms. The third-order valence-electron chi connectivity index (χ3n) is 3.81. The van der Waals surface area contributed by atoms with Crippen molar-refractivity contribution in [1.82, 2.24) is 9.38 Å². The van der Waals surface area contributed by atoms with Gasteiger partial charge in [0, 0.05) is 28.4 Å². The Hall–Kier alpha value is -3.77. The summed E-state index contributed by atoms with van der Waals surface area (Å²) in [6.45, 7) is 1.87. The van der Waals surface area contributed by atoms with E-state index in [0.717, 1.165) is 17.0 Å². The summed E-state index contributed by atoms with van der Waals surface area (Å²) in [5, 5.41) is 3.45. The zero-order valence-electron chi connectivity index (χ0n) is 14.9. The van der Waals surface area contributed by atoms with Crippen LogP contribution >= 0.6 is 0 Å². The summed E-state index contributed by atoms with van der Waals surface area (Å²) in [6.07, 6.45) is 5.19. The number of benzene rings is 1. The summed E-state index contributed by atoms with van der Waals surface area (Å²) in [5.74, 6) is 0.0505. The molecule has 0 aliphatic carbocycles. The van der Waals surface area contributed by atoms with E-state index in [1.165, 1.54) is 6.08 Å². The number of azide groups is 1. The molecular formula is C19H17N5O3. The molecule has 0 amide bonds. The number of ether oxygens (including phenoxy) is 2.